The molecule has 6 heteroatoms. The van der Waals surface area contributed by atoms with Crippen molar-refractivity contribution in [3.63, 3.8) is 0 Å². The third-order valence-corrected chi connectivity index (χ3v) is 3.89. The predicted molar refractivity (Wildman–Crippen MR) is 83.4 cm³/mol. The van der Waals surface area contributed by atoms with Crippen LogP contribution < -0.4 is 4.90 Å². The van der Waals surface area contributed by atoms with Gasteiger partial charge >= 0.3 is 0 Å². The van der Waals surface area contributed by atoms with E-state index in [0.29, 0.717) is 0 Å². The number of amides is 1. The molecule has 0 saturated heterocycles. The maximum absolute atomic E-state index is 14.3. The molecule has 0 unspecified atom stereocenters. The fourth-order valence-electron chi connectivity index (χ4n) is 2.82. The van der Waals surface area contributed by atoms with Gasteiger partial charge in [0.25, 0.3) is 5.91 Å². The van der Waals surface area contributed by atoms with Gasteiger partial charge in [-0.3, -0.25) is 14.5 Å². The minimum absolute atomic E-state index is 0.0735. The van der Waals surface area contributed by atoms with Crippen molar-refractivity contribution in [2.45, 2.75) is 13.0 Å². The number of aliphatic hydroxyl groups is 1. The molecule has 2 aromatic carbocycles. The first-order valence-electron chi connectivity index (χ1n) is 7.19. The first kappa shape index (κ1) is 15.9. The van der Waals surface area contributed by atoms with E-state index in [0.717, 1.165) is 17.0 Å². The molecule has 0 saturated carbocycles. The molecular weight excluding hydrogens is 316 g/mol. The van der Waals surface area contributed by atoms with Crippen LogP contribution in [0.4, 0.5) is 14.5 Å². The van der Waals surface area contributed by atoms with Gasteiger partial charge in [0.1, 0.15) is 11.6 Å². The Balaban J connectivity index is 2.21. The number of hydrogen-bond donors (Lipinski definition) is 1. The number of anilines is 1. The van der Waals surface area contributed by atoms with Crippen molar-refractivity contribution >= 4 is 17.4 Å². The van der Waals surface area contributed by atoms with Crippen molar-refractivity contribution in [1.82, 2.24) is 0 Å². The molecule has 122 valence electrons. The highest BCUT2D eigenvalue weighted by Crippen LogP contribution is 2.41. The summed E-state index contributed by atoms with van der Waals surface area (Å²) in [6.45, 7) is 1.20. The van der Waals surface area contributed by atoms with E-state index in [2.05, 4.69) is 0 Å². The van der Waals surface area contributed by atoms with Crippen molar-refractivity contribution in [3.05, 3.63) is 77.1 Å². The fourth-order valence-corrected chi connectivity index (χ4v) is 2.82. The number of hydrogen-bond acceptors (Lipinski definition) is 3. The Morgan fingerprint density at radius 1 is 1.08 bits per heavy atom. The topological polar surface area (TPSA) is 57.6 Å². The van der Waals surface area contributed by atoms with Gasteiger partial charge in [0.05, 0.1) is 11.6 Å². The molecule has 2 aromatic rings. The number of halogens is 2. The maximum Gasteiger partial charge on any atom is 0.294 e. The molecular formula is C18H13F2NO3. The van der Waals surface area contributed by atoms with Crippen LogP contribution in [-0.2, 0) is 9.59 Å². The first-order chi connectivity index (χ1) is 11.4. The summed E-state index contributed by atoms with van der Waals surface area (Å²) in [5, 5.41) is 10.1. The standard InChI is InChI=1S/C18H13F2NO3/c1-10(22)15-16(13-4-2-3-5-14(13)20)21(18(24)17(15)23)12-8-6-11(19)7-9-12/h2-9,16,23H,1H3/t16-/m0/s1. The highest BCUT2D eigenvalue weighted by atomic mass is 19.1. The first-order valence-corrected chi connectivity index (χ1v) is 7.19. The summed E-state index contributed by atoms with van der Waals surface area (Å²) in [7, 11) is 0. The Morgan fingerprint density at radius 2 is 1.71 bits per heavy atom. The molecule has 0 fully saturated rings. The van der Waals surface area contributed by atoms with E-state index in [1.165, 1.54) is 37.3 Å². The molecule has 0 radical (unpaired) electrons. The molecule has 0 aliphatic carbocycles. The lowest BCUT2D eigenvalue weighted by molar-refractivity contribution is -0.117. The summed E-state index contributed by atoms with van der Waals surface area (Å²) in [6.07, 6.45) is 0. The summed E-state index contributed by atoms with van der Waals surface area (Å²) in [4.78, 5) is 25.5. The Bertz CT molecular complexity index is 859. The Kier molecular flexibility index (Phi) is 3.89. The molecule has 4 nitrogen and oxygen atoms in total. The van der Waals surface area contributed by atoms with Gasteiger partial charge in [-0.25, -0.2) is 8.78 Å². The smallest absolute Gasteiger partial charge is 0.294 e. The Morgan fingerprint density at radius 3 is 2.29 bits per heavy atom. The van der Waals surface area contributed by atoms with Crippen LogP contribution in [0.3, 0.4) is 0 Å². The molecule has 0 bridgehead atoms. The highest BCUT2D eigenvalue weighted by molar-refractivity contribution is 6.16. The maximum atomic E-state index is 14.3. The normalized spacial score (nSPS) is 17.5. The van der Waals surface area contributed by atoms with Gasteiger partial charge in [-0.2, -0.15) is 0 Å². The van der Waals surface area contributed by atoms with Crippen LogP contribution in [0.5, 0.6) is 0 Å². The lowest BCUT2D eigenvalue weighted by Gasteiger charge is -2.26. The van der Waals surface area contributed by atoms with Gasteiger partial charge in [0, 0.05) is 11.3 Å². The molecule has 1 aliphatic heterocycles. The molecule has 3 rings (SSSR count). The largest absolute Gasteiger partial charge is 0.503 e. The molecule has 1 aliphatic rings. The SMILES string of the molecule is CC(=O)C1=C(O)C(=O)N(c2ccc(F)cc2)[C@H]1c1ccccc1F. The van der Waals surface area contributed by atoms with Crippen molar-refractivity contribution < 1.29 is 23.5 Å². The summed E-state index contributed by atoms with van der Waals surface area (Å²) < 4.78 is 27.4. The average molecular weight is 329 g/mol. The zero-order valence-electron chi connectivity index (χ0n) is 12.7. The minimum atomic E-state index is -1.11. The number of carbonyl (C=O) groups excluding carboxylic acids is 2. The van der Waals surface area contributed by atoms with Crippen molar-refractivity contribution in [1.29, 1.82) is 0 Å². The molecule has 24 heavy (non-hydrogen) atoms. The van der Waals surface area contributed by atoms with Crippen LogP contribution in [0.2, 0.25) is 0 Å². The molecule has 1 amide bonds. The lowest BCUT2D eigenvalue weighted by Crippen LogP contribution is -2.31. The van der Waals surface area contributed by atoms with Crippen LogP contribution in [0.15, 0.2) is 59.9 Å². The monoisotopic (exact) mass is 329 g/mol. The van der Waals surface area contributed by atoms with Crippen LogP contribution in [0.1, 0.15) is 18.5 Å². The summed E-state index contributed by atoms with van der Waals surface area (Å²) >= 11 is 0. The van der Waals surface area contributed by atoms with Gasteiger partial charge in [-0.15, -0.1) is 0 Å². The third-order valence-electron chi connectivity index (χ3n) is 3.89. The van der Waals surface area contributed by atoms with E-state index < -0.39 is 35.1 Å². The minimum Gasteiger partial charge on any atom is -0.503 e. The average Bonchev–Trinajstić information content (AvgIpc) is 2.81. The van der Waals surface area contributed by atoms with E-state index in [1.807, 2.05) is 0 Å². The van der Waals surface area contributed by atoms with Gasteiger partial charge in [-0.05, 0) is 37.3 Å². The molecule has 1 atom stereocenters. The number of nitrogens with zero attached hydrogens (tertiary/aromatic N) is 1. The third kappa shape index (κ3) is 2.46. The van der Waals surface area contributed by atoms with Gasteiger partial charge in [0.15, 0.2) is 11.5 Å². The highest BCUT2D eigenvalue weighted by Gasteiger charge is 2.44. The lowest BCUT2D eigenvalue weighted by atomic mass is 9.96. The molecule has 1 N–H and O–H groups in total. The van der Waals surface area contributed by atoms with Crippen LogP contribution in [0.25, 0.3) is 0 Å². The number of aliphatic hydroxyl groups excluding tert-OH is 1. The molecule has 0 spiro atoms. The number of carbonyl (C=O) groups is 2. The number of benzene rings is 2. The quantitative estimate of drug-likeness (QED) is 0.938. The van der Waals surface area contributed by atoms with Crippen molar-refractivity contribution in [2.75, 3.05) is 4.90 Å². The van der Waals surface area contributed by atoms with E-state index in [4.69, 9.17) is 0 Å². The Labute approximate surface area is 136 Å². The Hall–Kier alpha value is -3.02. The van der Waals surface area contributed by atoms with Crippen LogP contribution in [0, 0.1) is 11.6 Å². The number of ketones is 1. The summed E-state index contributed by atoms with van der Waals surface area (Å²) in [5.41, 5.74) is 0.135. The van der Waals surface area contributed by atoms with Crippen LogP contribution >= 0.6 is 0 Å². The van der Waals surface area contributed by atoms with Gasteiger partial charge in [0.2, 0.25) is 0 Å². The van der Waals surface area contributed by atoms with E-state index in [-0.39, 0.29) is 16.8 Å². The van der Waals surface area contributed by atoms with Gasteiger partial charge in [-0.1, -0.05) is 18.2 Å². The van der Waals surface area contributed by atoms with Crippen molar-refractivity contribution in [2.24, 2.45) is 0 Å². The number of rotatable bonds is 3. The molecule has 1 heterocycles. The van der Waals surface area contributed by atoms with Crippen LogP contribution in [-0.4, -0.2) is 16.8 Å². The second-order valence-corrected chi connectivity index (χ2v) is 5.39. The fraction of sp³-hybridized carbons (Fsp3) is 0.111. The summed E-state index contributed by atoms with van der Waals surface area (Å²) in [5.74, 6) is -3.22. The van der Waals surface area contributed by atoms with E-state index >= 15 is 0 Å². The second kappa shape index (κ2) is 5.88. The second-order valence-electron chi connectivity index (χ2n) is 5.39. The van der Waals surface area contributed by atoms with E-state index in [9.17, 15) is 23.5 Å². The van der Waals surface area contributed by atoms with E-state index in [1.54, 1.807) is 6.07 Å². The zero-order valence-corrected chi connectivity index (χ0v) is 12.7. The van der Waals surface area contributed by atoms with Gasteiger partial charge < -0.3 is 5.11 Å². The summed E-state index contributed by atoms with van der Waals surface area (Å²) in [6, 6.07) is 9.53. The zero-order chi connectivity index (χ0) is 17.4. The molecule has 0 aromatic heterocycles. The predicted octanol–water partition coefficient (Wildman–Crippen LogP) is 3.45. The number of Topliss-reactive ketones (excluding diaryl/α,β-unsaturated/α-hetero) is 1. The van der Waals surface area contributed by atoms with Crippen molar-refractivity contribution in [3.8, 4) is 0 Å².